The minimum Gasteiger partial charge on any atom is -0.378 e. The molecule has 16 heavy (non-hydrogen) atoms. The van der Waals surface area contributed by atoms with Gasteiger partial charge in [-0.2, -0.15) is 0 Å². The SMILES string of the molecule is CC1CC(c2nnc(CCl)n2C(C)C)CO1. The summed E-state index contributed by atoms with van der Waals surface area (Å²) in [7, 11) is 0. The fourth-order valence-corrected chi connectivity index (χ4v) is 2.45. The monoisotopic (exact) mass is 243 g/mol. The second kappa shape index (κ2) is 4.72. The van der Waals surface area contributed by atoms with Crippen molar-refractivity contribution in [2.75, 3.05) is 6.61 Å². The summed E-state index contributed by atoms with van der Waals surface area (Å²) in [6.07, 6.45) is 1.34. The van der Waals surface area contributed by atoms with Crippen molar-refractivity contribution in [1.29, 1.82) is 0 Å². The van der Waals surface area contributed by atoms with Crippen LogP contribution in [0.3, 0.4) is 0 Å². The van der Waals surface area contributed by atoms with Crippen LogP contribution in [-0.4, -0.2) is 27.5 Å². The predicted molar refractivity (Wildman–Crippen MR) is 62.7 cm³/mol. The standard InChI is InChI=1S/C11H18ClN3O/c1-7(2)15-10(5-12)13-14-11(15)9-4-8(3)16-6-9/h7-9H,4-6H2,1-3H3. The Balaban J connectivity index is 2.30. The van der Waals surface area contributed by atoms with E-state index in [0.717, 1.165) is 24.7 Å². The minimum atomic E-state index is 0.321. The highest BCUT2D eigenvalue weighted by molar-refractivity contribution is 6.16. The molecule has 2 unspecified atom stereocenters. The van der Waals surface area contributed by atoms with Gasteiger partial charge in [0.1, 0.15) is 11.6 Å². The van der Waals surface area contributed by atoms with Crippen LogP contribution in [0.25, 0.3) is 0 Å². The molecule has 0 aliphatic carbocycles. The molecule has 1 aliphatic rings. The molecule has 2 heterocycles. The zero-order valence-electron chi connectivity index (χ0n) is 9.98. The first-order valence-corrected chi connectivity index (χ1v) is 6.28. The highest BCUT2D eigenvalue weighted by Crippen LogP contribution is 2.30. The van der Waals surface area contributed by atoms with Gasteiger partial charge in [0, 0.05) is 12.0 Å². The Morgan fingerprint density at radius 3 is 2.75 bits per heavy atom. The predicted octanol–water partition coefficient (Wildman–Crippen LogP) is 2.49. The summed E-state index contributed by atoms with van der Waals surface area (Å²) in [6.45, 7) is 7.09. The molecule has 0 radical (unpaired) electrons. The number of halogens is 1. The quantitative estimate of drug-likeness (QED) is 0.766. The fraction of sp³-hybridized carbons (Fsp3) is 0.818. The van der Waals surface area contributed by atoms with E-state index < -0.39 is 0 Å². The first-order valence-electron chi connectivity index (χ1n) is 5.74. The van der Waals surface area contributed by atoms with Gasteiger partial charge in [-0.25, -0.2) is 0 Å². The van der Waals surface area contributed by atoms with Crippen LogP contribution < -0.4 is 0 Å². The van der Waals surface area contributed by atoms with E-state index in [1.807, 2.05) is 0 Å². The molecule has 0 bridgehead atoms. The number of alkyl halides is 1. The molecule has 90 valence electrons. The Morgan fingerprint density at radius 1 is 1.50 bits per heavy atom. The van der Waals surface area contributed by atoms with Crippen LogP contribution in [0.15, 0.2) is 0 Å². The van der Waals surface area contributed by atoms with Crippen molar-refractivity contribution in [3.63, 3.8) is 0 Å². The summed E-state index contributed by atoms with van der Waals surface area (Å²) in [6, 6.07) is 0.342. The van der Waals surface area contributed by atoms with E-state index in [-0.39, 0.29) is 0 Å². The van der Waals surface area contributed by atoms with Crippen molar-refractivity contribution in [2.24, 2.45) is 0 Å². The maximum Gasteiger partial charge on any atom is 0.148 e. The Morgan fingerprint density at radius 2 is 2.25 bits per heavy atom. The Hall–Kier alpha value is -0.610. The number of nitrogens with zero attached hydrogens (tertiary/aromatic N) is 3. The molecule has 0 aromatic carbocycles. The van der Waals surface area contributed by atoms with E-state index >= 15 is 0 Å². The van der Waals surface area contributed by atoms with Gasteiger partial charge in [0.05, 0.1) is 18.6 Å². The van der Waals surface area contributed by atoms with E-state index in [0.29, 0.717) is 23.9 Å². The molecule has 4 nitrogen and oxygen atoms in total. The summed E-state index contributed by atoms with van der Waals surface area (Å²) in [5.41, 5.74) is 0. The maximum absolute atomic E-state index is 5.87. The molecular weight excluding hydrogens is 226 g/mol. The molecule has 1 aliphatic heterocycles. The molecule has 5 heteroatoms. The highest BCUT2D eigenvalue weighted by Gasteiger charge is 2.29. The Labute approximate surface area is 101 Å². The first-order chi connectivity index (χ1) is 7.63. The molecule has 1 fully saturated rings. The van der Waals surface area contributed by atoms with E-state index in [2.05, 4.69) is 35.5 Å². The summed E-state index contributed by atoms with van der Waals surface area (Å²) < 4.78 is 7.72. The molecule has 2 rings (SSSR count). The second-order valence-electron chi connectivity index (χ2n) is 4.65. The van der Waals surface area contributed by atoms with Gasteiger partial charge >= 0.3 is 0 Å². The molecule has 1 saturated heterocycles. The third kappa shape index (κ3) is 2.09. The lowest BCUT2D eigenvalue weighted by molar-refractivity contribution is 0.123. The molecule has 2 atom stereocenters. The maximum atomic E-state index is 5.87. The normalized spacial score (nSPS) is 25.6. The lowest BCUT2D eigenvalue weighted by Gasteiger charge is -2.15. The summed E-state index contributed by atoms with van der Waals surface area (Å²) in [5.74, 6) is 2.65. The highest BCUT2D eigenvalue weighted by atomic mass is 35.5. The average molecular weight is 244 g/mol. The largest absolute Gasteiger partial charge is 0.378 e. The Bertz CT molecular complexity index is 364. The second-order valence-corrected chi connectivity index (χ2v) is 4.92. The third-order valence-electron chi connectivity index (χ3n) is 2.99. The lowest BCUT2D eigenvalue weighted by Crippen LogP contribution is -2.13. The van der Waals surface area contributed by atoms with Gasteiger partial charge in [-0.1, -0.05) is 0 Å². The zero-order chi connectivity index (χ0) is 11.7. The van der Waals surface area contributed by atoms with Crippen molar-refractivity contribution in [2.45, 2.75) is 51.1 Å². The van der Waals surface area contributed by atoms with E-state index in [9.17, 15) is 0 Å². The van der Waals surface area contributed by atoms with Crippen molar-refractivity contribution in [3.05, 3.63) is 11.6 Å². The van der Waals surface area contributed by atoms with Gasteiger partial charge in [0.15, 0.2) is 0 Å². The first kappa shape index (κ1) is 11.9. The van der Waals surface area contributed by atoms with Crippen LogP contribution in [0.2, 0.25) is 0 Å². The van der Waals surface area contributed by atoms with Crippen LogP contribution in [0.1, 0.15) is 50.8 Å². The van der Waals surface area contributed by atoms with Gasteiger partial charge in [-0.05, 0) is 27.2 Å². The molecule has 0 spiro atoms. The molecule has 1 aromatic heterocycles. The molecule has 0 N–H and O–H groups in total. The van der Waals surface area contributed by atoms with Crippen LogP contribution in [0.5, 0.6) is 0 Å². The van der Waals surface area contributed by atoms with Gasteiger partial charge in [0.2, 0.25) is 0 Å². The van der Waals surface area contributed by atoms with Crippen molar-refractivity contribution in [3.8, 4) is 0 Å². The number of hydrogen-bond donors (Lipinski definition) is 0. The van der Waals surface area contributed by atoms with Crippen LogP contribution in [0, 0.1) is 0 Å². The molecule has 1 aromatic rings. The van der Waals surface area contributed by atoms with Gasteiger partial charge < -0.3 is 9.30 Å². The van der Waals surface area contributed by atoms with Gasteiger partial charge in [-0.3, -0.25) is 0 Å². The van der Waals surface area contributed by atoms with Gasteiger partial charge in [-0.15, -0.1) is 21.8 Å². The topological polar surface area (TPSA) is 39.9 Å². The van der Waals surface area contributed by atoms with Gasteiger partial charge in [0.25, 0.3) is 0 Å². The molecule has 0 amide bonds. The number of rotatable bonds is 3. The number of hydrogen-bond acceptors (Lipinski definition) is 3. The number of ether oxygens (including phenoxy) is 1. The lowest BCUT2D eigenvalue weighted by atomic mass is 10.1. The van der Waals surface area contributed by atoms with Crippen LogP contribution >= 0.6 is 11.6 Å². The van der Waals surface area contributed by atoms with E-state index in [1.165, 1.54) is 0 Å². The van der Waals surface area contributed by atoms with Crippen molar-refractivity contribution < 1.29 is 4.74 Å². The smallest absolute Gasteiger partial charge is 0.148 e. The summed E-state index contributed by atoms with van der Waals surface area (Å²) in [4.78, 5) is 0. The summed E-state index contributed by atoms with van der Waals surface area (Å²) in [5, 5.41) is 8.42. The Kier molecular flexibility index (Phi) is 3.50. The fourth-order valence-electron chi connectivity index (χ4n) is 2.27. The third-order valence-corrected chi connectivity index (χ3v) is 3.23. The van der Waals surface area contributed by atoms with Crippen molar-refractivity contribution in [1.82, 2.24) is 14.8 Å². The van der Waals surface area contributed by atoms with Crippen molar-refractivity contribution >= 4 is 11.6 Å². The molecule has 0 saturated carbocycles. The van der Waals surface area contributed by atoms with E-state index in [1.54, 1.807) is 0 Å². The van der Waals surface area contributed by atoms with Crippen LogP contribution in [0.4, 0.5) is 0 Å². The average Bonchev–Trinajstić information content (AvgIpc) is 2.82. The molecular formula is C11H18ClN3O. The minimum absolute atomic E-state index is 0.321. The summed E-state index contributed by atoms with van der Waals surface area (Å²) >= 11 is 5.87. The number of aromatic nitrogens is 3. The zero-order valence-corrected chi connectivity index (χ0v) is 10.7. The van der Waals surface area contributed by atoms with Crippen LogP contribution in [-0.2, 0) is 10.6 Å². The van der Waals surface area contributed by atoms with E-state index in [4.69, 9.17) is 16.3 Å².